The van der Waals surface area contributed by atoms with Gasteiger partial charge in [0.25, 0.3) is 0 Å². The molecule has 11 aromatic rings. The number of aromatic nitrogens is 1. The van der Waals surface area contributed by atoms with Gasteiger partial charge in [0.15, 0.2) is 0 Å². The minimum Gasteiger partial charge on any atom is -0.310 e. The van der Waals surface area contributed by atoms with E-state index in [2.05, 4.69) is 228 Å². The molecule has 11 rings (SSSR count). The third kappa shape index (κ3) is 5.26. The van der Waals surface area contributed by atoms with Crippen molar-refractivity contribution in [1.82, 2.24) is 4.57 Å². The van der Waals surface area contributed by atoms with Crippen molar-refractivity contribution in [2.45, 2.75) is 0 Å². The number of rotatable bonds is 6. The summed E-state index contributed by atoms with van der Waals surface area (Å²) in [7, 11) is 0. The van der Waals surface area contributed by atoms with Crippen LogP contribution < -0.4 is 4.90 Å². The fourth-order valence-electron chi connectivity index (χ4n) is 8.72. The van der Waals surface area contributed by atoms with Crippen LogP contribution in [0.15, 0.2) is 218 Å². The maximum absolute atomic E-state index is 2.41. The van der Waals surface area contributed by atoms with Gasteiger partial charge in [-0.2, -0.15) is 0 Å². The van der Waals surface area contributed by atoms with E-state index in [4.69, 9.17) is 0 Å². The summed E-state index contributed by atoms with van der Waals surface area (Å²) in [6.45, 7) is 0. The zero-order chi connectivity index (χ0) is 37.0. The van der Waals surface area contributed by atoms with Gasteiger partial charge in [-0.1, -0.05) is 152 Å². The Hall–Kier alpha value is -7.42. The van der Waals surface area contributed by atoms with Crippen LogP contribution >= 0.6 is 0 Å². The lowest BCUT2D eigenvalue weighted by molar-refractivity contribution is 1.17. The Labute approximate surface area is 325 Å². The SMILES string of the molecule is c1ccc(-c2ccccc2N(c2ccc(-c3cc4ccccc4c4ccccc34)cc2)c2ccc(-n3c4ccccc4c4cc5ccccc5cc43)cc2)cc1. The van der Waals surface area contributed by atoms with Gasteiger partial charge >= 0.3 is 0 Å². The van der Waals surface area contributed by atoms with E-state index in [-0.39, 0.29) is 0 Å². The van der Waals surface area contributed by atoms with Gasteiger partial charge in [0.1, 0.15) is 0 Å². The van der Waals surface area contributed by atoms with E-state index in [0.717, 1.165) is 22.7 Å². The monoisotopic (exact) mass is 712 g/mol. The van der Waals surface area contributed by atoms with E-state index >= 15 is 0 Å². The van der Waals surface area contributed by atoms with Crippen molar-refractivity contribution in [3.8, 4) is 27.9 Å². The summed E-state index contributed by atoms with van der Waals surface area (Å²) >= 11 is 0. The van der Waals surface area contributed by atoms with Gasteiger partial charge < -0.3 is 9.47 Å². The van der Waals surface area contributed by atoms with Gasteiger partial charge in [-0.05, 0) is 116 Å². The molecule has 0 aliphatic carbocycles. The zero-order valence-electron chi connectivity index (χ0n) is 30.7. The minimum absolute atomic E-state index is 1.09. The highest BCUT2D eigenvalue weighted by Crippen LogP contribution is 2.43. The normalized spacial score (nSPS) is 11.6. The van der Waals surface area contributed by atoms with Crippen LogP contribution in [0.4, 0.5) is 17.1 Å². The van der Waals surface area contributed by atoms with E-state index < -0.39 is 0 Å². The van der Waals surface area contributed by atoms with Gasteiger partial charge in [0.05, 0.1) is 16.7 Å². The van der Waals surface area contributed by atoms with Crippen LogP contribution in [0.5, 0.6) is 0 Å². The summed E-state index contributed by atoms with van der Waals surface area (Å²) in [4.78, 5) is 2.40. The smallest absolute Gasteiger partial charge is 0.0547 e. The van der Waals surface area contributed by atoms with Gasteiger partial charge in [-0.3, -0.25) is 0 Å². The second kappa shape index (κ2) is 13.2. The van der Waals surface area contributed by atoms with Crippen molar-refractivity contribution < 1.29 is 0 Å². The fraction of sp³-hybridized carbons (Fsp3) is 0. The molecule has 56 heavy (non-hydrogen) atoms. The number of anilines is 3. The highest BCUT2D eigenvalue weighted by molar-refractivity contribution is 6.15. The van der Waals surface area contributed by atoms with E-state index in [1.807, 2.05) is 0 Å². The first kappa shape index (κ1) is 32.0. The first-order chi connectivity index (χ1) is 27.8. The lowest BCUT2D eigenvalue weighted by Crippen LogP contribution is -2.11. The molecule has 0 atom stereocenters. The molecular formula is C54H36N2. The zero-order valence-corrected chi connectivity index (χ0v) is 30.7. The van der Waals surface area contributed by atoms with Crippen molar-refractivity contribution >= 4 is 71.2 Å². The van der Waals surface area contributed by atoms with E-state index in [1.54, 1.807) is 0 Å². The van der Waals surface area contributed by atoms with E-state index in [9.17, 15) is 0 Å². The first-order valence-corrected chi connectivity index (χ1v) is 19.3. The molecule has 10 aromatic carbocycles. The lowest BCUT2D eigenvalue weighted by atomic mass is 9.93. The maximum atomic E-state index is 2.41. The van der Waals surface area contributed by atoms with Crippen LogP contribution in [0.1, 0.15) is 0 Å². The molecule has 1 heterocycles. The van der Waals surface area contributed by atoms with Crippen molar-refractivity contribution in [1.29, 1.82) is 0 Å². The van der Waals surface area contributed by atoms with Crippen molar-refractivity contribution in [3.63, 3.8) is 0 Å². The quantitative estimate of drug-likeness (QED) is 0.156. The Morgan fingerprint density at radius 2 is 0.857 bits per heavy atom. The molecule has 0 radical (unpaired) electrons. The molecule has 1 aromatic heterocycles. The molecule has 0 unspecified atom stereocenters. The minimum atomic E-state index is 1.09. The molecule has 2 heteroatoms. The predicted molar refractivity (Wildman–Crippen MR) is 239 cm³/mol. The first-order valence-electron chi connectivity index (χ1n) is 19.3. The van der Waals surface area contributed by atoms with E-state index in [0.29, 0.717) is 0 Å². The summed E-state index contributed by atoms with van der Waals surface area (Å²) < 4.78 is 2.41. The third-order valence-electron chi connectivity index (χ3n) is 11.3. The molecule has 0 fully saturated rings. The second-order valence-corrected chi connectivity index (χ2v) is 14.5. The molecule has 0 spiro atoms. The summed E-state index contributed by atoms with van der Waals surface area (Å²) in [6.07, 6.45) is 0. The molecule has 0 saturated heterocycles. The van der Waals surface area contributed by atoms with Gasteiger partial charge in [0.2, 0.25) is 0 Å². The average molecular weight is 713 g/mol. The van der Waals surface area contributed by atoms with Crippen LogP contribution in [-0.4, -0.2) is 4.57 Å². The maximum Gasteiger partial charge on any atom is 0.0547 e. The van der Waals surface area contributed by atoms with Crippen molar-refractivity contribution in [3.05, 3.63) is 218 Å². The molecule has 262 valence electrons. The van der Waals surface area contributed by atoms with Crippen LogP contribution in [-0.2, 0) is 0 Å². The number of benzene rings is 10. The number of nitrogens with zero attached hydrogens (tertiary/aromatic N) is 2. The Kier molecular flexibility index (Phi) is 7.53. The summed E-state index contributed by atoms with van der Waals surface area (Å²) in [5.74, 6) is 0. The van der Waals surface area contributed by atoms with Gasteiger partial charge in [-0.25, -0.2) is 0 Å². The van der Waals surface area contributed by atoms with Crippen LogP contribution in [0, 0.1) is 0 Å². The average Bonchev–Trinajstić information content (AvgIpc) is 3.59. The Bertz CT molecular complexity index is 3230. The molecular weight excluding hydrogens is 677 g/mol. The molecule has 0 bridgehead atoms. The summed E-state index contributed by atoms with van der Waals surface area (Å²) in [5, 5.41) is 10.1. The van der Waals surface area contributed by atoms with Gasteiger partial charge in [-0.15, -0.1) is 0 Å². The van der Waals surface area contributed by atoms with E-state index in [1.165, 1.54) is 76.4 Å². The Morgan fingerprint density at radius 3 is 1.62 bits per heavy atom. The Morgan fingerprint density at radius 1 is 0.304 bits per heavy atom. The molecule has 0 aliphatic rings. The number of hydrogen-bond acceptors (Lipinski definition) is 1. The number of para-hydroxylation sites is 2. The molecule has 2 nitrogen and oxygen atoms in total. The second-order valence-electron chi connectivity index (χ2n) is 14.5. The number of fused-ring (bicyclic) bond motifs is 7. The molecule has 0 N–H and O–H groups in total. The highest BCUT2D eigenvalue weighted by Gasteiger charge is 2.19. The predicted octanol–water partition coefficient (Wildman–Crippen LogP) is 15.0. The van der Waals surface area contributed by atoms with Crippen molar-refractivity contribution in [2.24, 2.45) is 0 Å². The van der Waals surface area contributed by atoms with Crippen molar-refractivity contribution in [2.75, 3.05) is 4.90 Å². The Balaban J connectivity index is 1.07. The van der Waals surface area contributed by atoms with Gasteiger partial charge in [0, 0.05) is 33.4 Å². The molecule has 0 amide bonds. The van der Waals surface area contributed by atoms with Crippen LogP contribution in [0.3, 0.4) is 0 Å². The molecule has 0 aliphatic heterocycles. The summed E-state index contributed by atoms with van der Waals surface area (Å²) in [5.41, 5.74) is 11.6. The van der Waals surface area contributed by atoms with Crippen LogP contribution in [0.25, 0.3) is 82.1 Å². The third-order valence-corrected chi connectivity index (χ3v) is 11.3. The number of hydrogen-bond donors (Lipinski definition) is 0. The molecule has 0 saturated carbocycles. The largest absolute Gasteiger partial charge is 0.310 e. The topological polar surface area (TPSA) is 8.17 Å². The lowest BCUT2D eigenvalue weighted by Gasteiger charge is -2.28. The van der Waals surface area contributed by atoms with Crippen LogP contribution in [0.2, 0.25) is 0 Å². The highest BCUT2D eigenvalue weighted by atomic mass is 15.1. The summed E-state index contributed by atoms with van der Waals surface area (Å²) in [6, 6.07) is 79.5. The fourth-order valence-corrected chi connectivity index (χ4v) is 8.72. The standard InChI is InChI=1S/C54H36N2/c1-2-14-37(15-3-1)46-20-10-12-24-52(46)55(42-28-26-38(27-29-42)50-35-41-18-6-7-19-45(41)47-21-8-9-22-48(47)50)43-30-32-44(33-31-43)56-53-25-13-11-23-49(53)51-34-39-16-4-5-17-40(39)36-54(51)56/h1-36H.